The lowest BCUT2D eigenvalue weighted by molar-refractivity contribution is -0.118. The molecule has 1 saturated carbocycles. The molecule has 0 aromatic rings. The van der Waals surface area contributed by atoms with Crippen molar-refractivity contribution in [3.05, 3.63) is 0 Å². The van der Waals surface area contributed by atoms with Crippen molar-refractivity contribution in [1.82, 2.24) is 0 Å². The Morgan fingerprint density at radius 1 is 1.06 bits per heavy atom. The standard InChI is InChI=1S/C15H28O2/c1-2-14(16)10-6-3-4-7-11-15(17)12-8-5-9-13-15/h17H,2-13H2,1H3. The molecule has 1 aliphatic rings. The van der Waals surface area contributed by atoms with Crippen LogP contribution in [0.5, 0.6) is 0 Å². The zero-order valence-corrected chi connectivity index (χ0v) is 11.3. The van der Waals surface area contributed by atoms with Crippen LogP contribution in [0.3, 0.4) is 0 Å². The lowest BCUT2D eigenvalue weighted by Gasteiger charge is -2.32. The van der Waals surface area contributed by atoms with Crippen molar-refractivity contribution in [1.29, 1.82) is 0 Å². The van der Waals surface area contributed by atoms with Gasteiger partial charge in [0.05, 0.1) is 5.60 Å². The fraction of sp³-hybridized carbons (Fsp3) is 0.933. The monoisotopic (exact) mass is 240 g/mol. The molecule has 0 radical (unpaired) electrons. The third kappa shape index (κ3) is 6.21. The third-order valence-electron chi connectivity index (χ3n) is 4.03. The minimum atomic E-state index is -0.350. The molecule has 100 valence electrons. The Morgan fingerprint density at radius 2 is 1.71 bits per heavy atom. The summed E-state index contributed by atoms with van der Waals surface area (Å²) in [5.74, 6) is 0.385. The average molecular weight is 240 g/mol. The lowest BCUT2D eigenvalue weighted by Crippen LogP contribution is -2.30. The molecule has 1 N–H and O–H groups in total. The highest BCUT2D eigenvalue weighted by atomic mass is 16.3. The lowest BCUT2D eigenvalue weighted by atomic mass is 9.81. The minimum absolute atomic E-state index is 0.350. The summed E-state index contributed by atoms with van der Waals surface area (Å²) in [6, 6.07) is 0. The number of Topliss-reactive ketones (excluding diaryl/α,β-unsaturated/α-hetero) is 1. The maximum atomic E-state index is 11.1. The summed E-state index contributed by atoms with van der Waals surface area (Å²) in [5.41, 5.74) is -0.350. The molecule has 2 nitrogen and oxygen atoms in total. The second-order valence-electron chi connectivity index (χ2n) is 5.59. The number of rotatable bonds is 8. The van der Waals surface area contributed by atoms with Crippen molar-refractivity contribution in [2.24, 2.45) is 0 Å². The number of carbonyl (C=O) groups excluding carboxylic acids is 1. The average Bonchev–Trinajstić information content (AvgIpc) is 2.34. The molecule has 0 amide bonds. The van der Waals surface area contributed by atoms with Crippen molar-refractivity contribution in [3.8, 4) is 0 Å². The van der Waals surface area contributed by atoms with Crippen LogP contribution < -0.4 is 0 Å². The van der Waals surface area contributed by atoms with Crippen molar-refractivity contribution in [2.75, 3.05) is 0 Å². The summed E-state index contributed by atoms with van der Waals surface area (Å²) < 4.78 is 0. The van der Waals surface area contributed by atoms with E-state index in [2.05, 4.69) is 0 Å². The molecule has 0 atom stereocenters. The van der Waals surface area contributed by atoms with Crippen LogP contribution in [-0.4, -0.2) is 16.5 Å². The van der Waals surface area contributed by atoms with E-state index in [1.54, 1.807) is 0 Å². The number of carbonyl (C=O) groups is 1. The van der Waals surface area contributed by atoms with Crippen LogP contribution in [0, 0.1) is 0 Å². The summed E-state index contributed by atoms with van der Waals surface area (Å²) >= 11 is 0. The number of aliphatic hydroxyl groups is 1. The third-order valence-corrected chi connectivity index (χ3v) is 4.03. The van der Waals surface area contributed by atoms with Gasteiger partial charge in [0.1, 0.15) is 5.78 Å². The van der Waals surface area contributed by atoms with Gasteiger partial charge < -0.3 is 5.11 Å². The fourth-order valence-electron chi connectivity index (χ4n) is 2.77. The quantitative estimate of drug-likeness (QED) is 0.651. The van der Waals surface area contributed by atoms with Gasteiger partial charge in [-0.05, 0) is 25.7 Å². The van der Waals surface area contributed by atoms with Gasteiger partial charge in [0.2, 0.25) is 0 Å². The molecule has 17 heavy (non-hydrogen) atoms. The molecule has 0 aromatic heterocycles. The summed E-state index contributed by atoms with van der Waals surface area (Å²) in [7, 11) is 0. The van der Waals surface area contributed by atoms with E-state index in [1.165, 1.54) is 25.7 Å². The van der Waals surface area contributed by atoms with Gasteiger partial charge in [0.25, 0.3) is 0 Å². The van der Waals surface area contributed by atoms with Crippen LogP contribution in [0.15, 0.2) is 0 Å². The molecule has 1 rings (SSSR count). The van der Waals surface area contributed by atoms with Gasteiger partial charge in [-0.15, -0.1) is 0 Å². The summed E-state index contributed by atoms with van der Waals surface area (Å²) in [6.07, 6.45) is 12.5. The number of ketones is 1. The first-order valence-electron chi connectivity index (χ1n) is 7.40. The number of unbranched alkanes of at least 4 members (excludes halogenated alkanes) is 3. The van der Waals surface area contributed by atoms with E-state index in [4.69, 9.17) is 0 Å². The zero-order chi connectivity index (χ0) is 12.6. The highest BCUT2D eigenvalue weighted by Gasteiger charge is 2.27. The zero-order valence-electron chi connectivity index (χ0n) is 11.3. The number of hydrogen-bond acceptors (Lipinski definition) is 2. The highest BCUT2D eigenvalue weighted by Crippen LogP contribution is 2.32. The second-order valence-corrected chi connectivity index (χ2v) is 5.59. The van der Waals surface area contributed by atoms with Gasteiger partial charge in [-0.2, -0.15) is 0 Å². The van der Waals surface area contributed by atoms with E-state index in [0.29, 0.717) is 12.2 Å². The SMILES string of the molecule is CCC(=O)CCCCCCC1(O)CCCCC1. The molecule has 0 unspecified atom stereocenters. The molecule has 0 saturated heterocycles. The van der Waals surface area contributed by atoms with Crippen LogP contribution in [0.2, 0.25) is 0 Å². The number of hydrogen-bond donors (Lipinski definition) is 1. The van der Waals surface area contributed by atoms with Crippen molar-refractivity contribution in [2.45, 2.75) is 89.6 Å². The predicted octanol–water partition coefficient (Wildman–Crippen LogP) is 4.00. The van der Waals surface area contributed by atoms with Crippen molar-refractivity contribution < 1.29 is 9.90 Å². The van der Waals surface area contributed by atoms with E-state index in [0.717, 1.165) is 44.9 Å². The predicted molar refractivity (Wildman–Crippen MR) is 71.0 cm³/mol. The largest absolute Gasteiger partial charge is 0.390 e. The molecule has 1 aliphatic carbocycles. The summed E-state index contributed by atoms with van der Waals surface area (Å²) in [5, 5.41) is 10.3. The molecule has 0 bridgehead atoms. The van der Waals surface area contributed by atoms with E-state index in [-0.39, 0.29) is 5.60 Å². The Hall–Kier alpha value is -0.370. The maximum Gasteiger partial charge on any atom is 0.132 e. The molecule has 0 spiro atoms. The van der Waals surface area contributed by atoms with Crippen LogP contribution in [0.1, 0.15) is 84.0 Å². The maximum absolute atomic E-state index is 11.1. The van der Waals surface area contributed by atoms with Gasteiger partial charge >= 0.3 is 0 Å². The van der Waals surface area contributed by atoms with Crippen LogP contribution in [0.4, 0.5) is 0 Å². The molecular weight excluding hydrogens is 212 g/mol. The fourth-order valence-corrected chi connectivity index (χ4v) is 2.77. The Bertz CT molecular complexity index is 217. The Morgan fingerprint density at radius 3 is 2.35 bits per heavy atom. The normalized spacial score (nSPS) is 19.2. The molecule has 0 aliphatic heterocycles. The first kappa shape index (κ1) is 14.7. The Balaban J connectivity index is 1.98. The minimum Gasteiger partial charge on any atom is -0.390 e. The topological polar surface area (TPSA) is 37.3 Å². The second kappa shape index (κ2) is 7.86. The van der Waals surface area contributed by atoms with Crippen molar-refractivity contribution in [3.63, 3.8) is 0 Å². The van der Waals surface area contributed by atoms with Crippen LogP contribution in [0.25, 0.3) is 0 Å². The van der Waals surface area contributed by atoms with Crippen molar-refractivity contribution >= 4 is 5.78 Å². The van der Waals surface area contributed by atoms with Gasteiger partial charge in [-0.1, -0.05) is 45.4 Å². The molecule has 1 fully saturated rings. The Labute approximate surface area is 106 Å². The van der Waals surface area contributed by atoms with Gasteiger partial charge in [-0.25, -0.2) is 0 Å². The molecule has 0 aromatic carbocycles. The van der Waals surface area contributed by atoms with Gasteiger partial charge in [0, 0.05) is 12.8 Å². The van der Waals surface area contributed by atoms with E-state index in [9.17, 15) is 9.90 Å². The smallest absolute Gasteiger partial charge is 0.132 e. The molecule has 0 heterocycles. The first-order chi connectivity index (χ1) is 8.16. The Kier molecular flexibility index (Phi) is 6.79. The summed E-state index contributed by atoms with van der Waals surface area (Å²) in [6.45, 7) is 1.93. The molecular formula is C15H28O2. The van der Waals surface area contributed by atoms with Gasteiger partial charge in [0.15, 0.2) is 0 Å². The van der Waals surface area contributed by atoms with E-state index >= 15 is 0 Å². The van der Waals surface area contributed by atoms with E-state index < -0.39 is 0 Å². The summed E-state index contributed by atoms with van der Waals surface area (Å²) in [4.78, 5) is 11.1. The van der Waals surface area contributed by atoms with Crippen LogP contribution in [-0.2, 0) is 4.79 Å². The van der Waals surface area contributed by atoms with E-state index in [1.807, 2.05) is 6.92 Å². The molecule has 2 heteroatoms. The van der Waals surface area contributed by atoms with Crippen LogP contribution >= 0.6 is 0 Å². The van der Waals surface area contributed by atoms with Gasteiger partial charge in [-0.3, -0.25) is 4.79 Å². The highest BCUT2D eigenvalue weighted by molar-refractivity contribution is 5.77. The first-order valence-corrected chi connectivity index (χ1v) is 7.40.